The Bertz CT molecular complexity index is 308. The highest BCUT2D eigenvalue weighted by atomic mass is 79.9. The van der Waals surface area contributed by atoms with Gasteiger partial charge in [-0.2, -0.15) is 0 Å². The molecule has 1 aliphatic rings. The van der Waals surface area contributed by atoms with Crippen LogP contribution in [0.4, 0.5) is 0 Å². The summed E-state index contributed by atoms with van der Waals surface area (Å²) in [5.74, 6) is 0. The van der Waals surface area contributed by atoms with E-state index < -0.39 is 0 Å². The summed E-state index contributed by atoms with van der Waals surface area (Å²) < 4.78 is 1.11. The maximum atomic E-state index is 9.37. The zero-order chi connectivity index (χ0) is 9.26. The lowest BCUT2D eigenvalue weighted by atomic mass is 10.1. The molecule has 0 amide bonds. The second-order valence-electron chi connectivity index (χ2n) is 3.37. The molecule has 0 saturated carbocycles. The number of β-amino-alcohol motifs (C(OH)–C–C–N with tert-alkyl or cyclic N) is 1. The summed E-state index contributed by atoms with van der Waals surface area (Å²) in [6, 6.07) is 8.43. The zero-order valence-electron chi connectivity index (χ0n) is 7.61. The Hall–Kier alpha value is -0.0900. The molecule has 4 heteroatoms. The van der Waals surface area contributed by atoms with Crippen molar-refractivity contribution in [3.63, 3.8) is 0 Å². The number of hydrogen-bond donors (Lipinski definition) is 2. The minimum Gasteiger partial charge on any atom is -0.392 e. The number of aliphatic hydroxyl groups is 1. The van der Waals surface area contributed by atoms with Crippen molar-refractivity contribution >= 4 is 28.3 Å². The van der Waals surface area contributed by atoms with Crippen LogP contribution in [0.25, 0.3) is 0 Å². The van der Waals surface area contributed by atoms with Gasteiger partial charge in [0, 0.05) is 17.1 Å². The molecule has 2 atom stereocenters. The first-order valence-electron chi connectivity index (χ1n) is 4.43. The fourth-order valence-electron chi connectivity index (χ4n) is 1.71. The van der Waals surface area contributed by atoms with Crippen molar-refractivity contribution in [1.82, 2.24) is 5.32 Å². The number of halogens is 2. The summed E-state index contributed by atoms with van der Waals surface area (Å²) >= 11 is 3.50. The molecular weight excluding hydrogens is 265 g/mol. The van der Waals surface area contributed by atoms with Gasteiger partial charge in [0.1, 0.15) is 0 Å². The van der Waals surface area contributed by atoms with E-state index in [1.165, 1.54) is 5.56 Å². The Morgan fingerprint density at radius 3 is 2.64 bits per heavy atom. The van der Waals surface area contributed by atoms with Gasteiger partial charge in [0.25, 0.3) is 0 Å². The fourth-order valence-corrected chi connectivity index (χ4v) is 2.27. The summed E-state index contributed by atoms with van der Waals surface area (Å²) in [6.07, 6.45) is 0.611. The van der Waals surface area contributed by atoms with E-state index in [1.807, 2.05) is 18.2 Å². The third-order valence-corrected chi connectivity index (χ3v) is 3.11. The van der Waals surface area contributed by atoms with Crippen molar-refractivity contribution in [2.24, 2.45) is 0 Å². The molecule has 2 unspecified atom stereocenters. The van der Waals surface area contributed by atoms with E-state index in [9.17, 15) is 5.11 Å². The molecule has 0 spiro atoms. The Kier molecular flexibility index (Phi) is 4.38. The van der Waals surface area contributed by atoms with Crippen LogP contribution in [-0.2, 0) is 0 Å². The molecular formula is C10H13BrClNO. The van der Waals surface area contributed by atoms with Gasteiger partial charge >= 0.3 is 0 Å². The van der Waals surface area contributed by atoms with E-state index in [0.29, 0.717) is 12.6 Å². The van der Waals surface area contributed by atoms with E-state index in [0.717, 1.165) is 10.9 Å². The molecule has 0 radical (unpaired) electrons. The summed E-state index contributed by atoms with van der Waals surface area (Å²) in [5.41, 5.74) is 1.24. The second-order valence-corrected chi connectivity index (χ2v) is 4.23. The van der Waals surface area contributed by atoms with Crippen LogP contribution in [0.3, 0.4) is 0 Å². The summed E-state index contributed by atoms with van der Waals surface area (Å²) in [6.45, 7) is 0.700. The molecule has 2 N–H and O–H groups in total. The van der Waals surface area contributed by atoms with Gasteiger partial charge < -0.3 is 10.4 Å². The number of hydrogen-bond acceptors (Lipinski definition) is 2. The van der Waals surface area contributed by atoms with E-state index in [1.54, 1.807) is 0 Å². The van der Waals surface area contributed by atoms with Gasteiger partial charge in [-0.15, -0.1) is 12.4 Å². The minimum absolute atomic E-state index is 0. The Balaban J connectivity index is 0.000000980. The quantitative estimate of drug-likeness (QED) is 0.826. The minimum atomic E-state index is -0.197. The van der Waals surface area contributed by atoms with Gasteiger partial charge in [-0.3, -0.25) is 0 Å². The van der Waals surface area contributed by atoms with Gasteiger partial charge in [0.2, 0.25) is 0 Å². The maximum absolute atomic E-state index is 9.37. The van der Waals surface area contributed by atoms with Crippen LogP contribution in [0.2, 0.25) is 0 Å². The van der Waals surface area contributed by atoms with Gasteiger partial charge in [-0.05, 0) is 18.1 Å². The largest absolute Gasteiger partial charge is 0.392 e. The van der Waals surface area contributed by atoms with Crippen molar-refractivity contribution in [3.8, 4) is 0 Å². The van der Waals surface area contributed by atoms with Crippen LogP contribution in [-0.4, -0.2) is 17.8 Å². The Labute approximate surface area is 98.3 Å². The molecule has 0 aliphatic carbocycles. The van der Waals surface area contributed by atoms with Crippen LogP contribution in [0.1, 0.15) is 18.0 Å². The Morgan fingerprint density at radius 2 is 2.07 bits per heavy atom. The summed E-state index contributed by atoms with van der Waals surface area (Å²) in [7, 11) is 0. The lowest BCUT2D eigenvalue weighted by molar-refractivity contribution is 0.193. The summed E-state index contributed by atoms with van der Waals surface area (Å²) in [5, 5.41) is 12.7. The highest BCUT2D eigenvalue weighted by molar-refractivity contribution is 9.10. The van der Waals surface area contributed by atoms with E-state index in [2.05, 4.69) is 27.3 Å². The van der Waals surface area contributed by atoms with Gasteiger partial charge in [0.15, 0.2) is 0 Å². The van der Waals surface area contributed by atoms with Crippen molar-refractivity contribution in [3.05, 3.63) is 34.3 Å². The normalized spacial score (nSPS) is 25.9. The SMILES string of the molecule is Cl.OC1CNC(c2ccccc2Br)C1. The third-order valence-electron chi connectivity index (χ3n) is 2.39. The van der Waals surface area contributed by atoms with Gasteiger partial charge in [0.05, 0.1) is 6.10 Å². The highest BCUT2D eigenvalue weighted by Crippen LogP contribution is 2.28. The van der Waals surface area contributed by atoms with Gasteiger partial charge in [-0.1, -0.05) is 34.1 Å². The van der Waals surface area contributed by atoms with Gasteiger partial charge in [-0.25, -0.2) is 0 Å². The maximum Gasteiger partial charge on any atom is 0.0682 e. The zero-order valence-corrected chi connectivity index (χ0v) is 10.0. The smallest absolute Gasteiger partial charge is 0.0682 e. The molecule has 0 bridgehead atoms. The number of nitrogens with one attached hydrogen (secondary N) is 1. The van der Waals surface area contributed by atoms with Crippen molar-refractivity contribution in [2.45, 2.75) is 18.6 Å². The standard InChI is InChI=1S/C10H12BrNO.ClH/c11-9-4-2-1-3-8(9)10-5-7(13)6-12-10;/h1-4,7,10,12-13H,5-6H2;1H. The average Bonchev–Trinajstić information content (AvgIpc) is 2.53. The monoisotopic (exact) mass is 277 g/mol. The van der Waals surface area contributed by atoms with Crippen LogP contribution < -0.4 is 5.32 Å². The lowest BCUT2D eigenvalue weighted by Gasteiger charge is -2.11. The molecule has 1 aromatic carbocycles. The molecule has 1 aromatic rings. The fraction of sp³-hybridized carbons (Fsp3) is 0.400. The first-order valence-corrected chi connectivity index (χ1v) is 5.22. The van der Waals surface area contributed by atoms with Crippen LogP contribution in [0.5, 0.6) is 0 Å². The van der Waals surface area contributed by atoms with Crippen molar-refractivity contribution in [1.29, 1.82) is 0 Å². The van der Waals surface area contributed by atoms with E-state index in [4.69, 9.17) is 0 Å². The predicted molar refractivity (Wildman–Crippen MR) is 62.8 cm³/mol. The van der Waals surface area contributed by atoms with Crippen LogP contribution >= 0.6 is 28.3 Å². The Morgan fingerprint density at radius 1 is 1.36 bits per heavy atom. The number of aliphatic hydroxyl groups excluding tert-OH is 1. The molecule has 2 nitrogen and oxygen atoms in total. The predicted octanol–water partition coefficient (Wildman–Crippen LogP) is 2.27. The third kappa shape index (κ3) is 2.48. The first kappa shape index (κ1) is 12.0. The number of rotatable bonds is 1. The lowest BCUT2D eigenvalue weighted by Crippen LogP contribution is -2.15. The highest BCUT2D eigenvalue weighted by Gasteiger charge is 2.24. The molecule has 2 rings (SSSR count). The second kappa shape index (κ2) is 5.12. The average molecular weight is 279 g/mol. The van der Waals surface area contributed by atoms with E-state index in [-0.39, 0.29) is 18.5 Å². The van der Waals surface area contributed by atoms with Crippen molar-refractivity contribution in [2.75, 3.05) is 6.54 Å². The molecule has 1 saturated heterocycles. The van der Waals surface area contributed by atoms with Crippen LogP contribution in [0.15, 0.2) is 28.7 Å². The van der Waals surface area contributed by atoms with Crippen LogP contribution in [0, 0.1) is 0 Å². The molecule has 14 heavy (non-hydrogen) atoms. The van der Waals surface area contributed by atoms with E-state index >= 15 is 0 Å². The molecule has 0 aromatic heterocycles. The molecule has 1 heterocycles. The molecule has 78 valence electrons. The molecule has 1 aliphatic heterocycles. The first-order chi connectivity index (χ1) is 6.27. The van der Waals surface area contributed by atoms with Crippen molar-refractivity contribution < 1.29 is 5.11 Å². The topological polar surface area (TPSA) is 32.3 Å². The number of benzene rings is 1. The summed E-state index contributed by atoms with van der Waals surface area (Å²) in [4.78, 5) is 0. The molecule has 1 fully saturated rings.